The van der Waals surface area contributed by atoms with Crippen LogP contribution in [0.25, 0.3) is 0 Å². The summed E-state index contributed by atoms with van der Waals surface area (Å²) in [6, 6.07) is 9.65. The molecule has 0 spiro atoms. The molecule has 8 heteroatoms. The van der Waals surface area contributed by atoms with Gasteiger partial charge >= 0.3 is 12.1 Å². The molecule has 1 aromatic rings. The van der Waals surface area contributed by atoms with Gasteiger partial charge in [-0.2, -0.15) is 13.2 Å². The molecular formula is C28H37F3O4S. The molecule has 200 valence electrons. The normalized spacial score (nSPS) is 40.8. The summed E-state index contributed by atoms with van der Waals surface area (Å²) in [5.74, 6) is -2.53. The van der Waals surface area contributed by atoms with Crippen molar-refractivity contribution in [1.29, 1.82) is 0 Å². The Balaban J connectivity index is 1.83. The molecule has 3 saturated carbocycles. The van der Waals surface area contributed by atoms with E-state index in [1.165, 1.54) is 12.0 Å². The lowest BCUT2D eigenvalue weighted by Gasteiger charge is -2.62. The number of benzene rings is 1. The summed E-state index contributed by atoms with van der Waals surface area (Å²) in [5.41, 5.74) is -1.77. The maximum atomic E-state index is 13.6. The Morgan fingerprint density at radius 2 is 1.81 bits per heavy atom. The Labute approximate surface area is 216 Å². The quantitative estimate of drug-likeness (QED) is 0.295. The van der Waals surface area contributed by atoms with Crippen molar-refractivity contribution in [3.63, 3.8) is 0 Å². The van der Waals surface area contributed by atoms with Crippen molar-refractivity contribution in [2.24, 2.45) is 34.0 Å². The maximum absolute atomic E-state index is 13.6. The molecular weight excluding hydrogens is 489 g/mol. The highest BCUT2D eigenvalue weighted by atomic mass is 32.2. The maximum Gasteiger partial charge on any atom is 0.490 e. The molecule has 0 N–H and O–H groups in total. The van der Waals surface area contributed by atoms with Gasteiger partial charge in [-0.15, -0.1) is 0 Å². The van der Waals surface area contributed by atoms with Gasteiger partial charge in [-0.05, 0) is 55.6 Å². The summed E-state index contributed by atoms with van der Waals surface area (Å²) < 4.78 is 52.1. The molecule has 3 aliphatic rings. The third-order valence-electron chi connectivity index (χ3n) is 10.1. The molecule has 0 radical (unpaired) electrons. The number of hydrogen-bond donors (Lipinski definition) is 0. The molecule has 0 saturated heterocycles. The first kappa shape index (κ1) is 27.5. The number of carbonyl (C=O) groups is 2. The van der Waals surface area contributed by atoms with Gasteiger partial charge in [0.05, 0.1) is 6.10 Å². The fourth-order valence-electron chi connectivity index (χ4n) is 7.67. The van der Waals surface area contributed by atoms with E-state index in [0.717, 1.165) is 17.7 Å². The van der Waals surface area contributed by atoms with Crippen molar-refractivity contribution in [2.75, 3.05) is 0 Å². The summed E-state index contributed by atoms with van der Waals surface area (Å²) in [4.78, 5) is 26.7. The molecule has 1 unspecified atom stereocenters. The second-order valence-corrected chi connectivity index (χ2v) is 12.6. The first-order chi connectivity index (χ1) is 16.8. The number of Topliss-reactive ketones (excluding diaryl/α,β-unsaturated/α-hetero) is 1. The molecule has 0 aromatic heterocycles. The lowest BCUT2D eigenvalue weighted by molar-refractivity contribution is -0.232. The van der Waals surface area contributed by atoms with Gasteiger partial charge in [0.2, 0.25) is 0 Å². The summed E-state index contributed by atoms with van der Waals surface area (Å²) in [7, 11) is 0. The summed E-state index contributed by atoms with van der Waals surface area (Å²) in [5, 5.41) is 0. The van der Waals surface area contributed by atoms with Crippen molar-refractivity contribution < 1.29 is 31.7 Å². The average molecular weight is 527 g/mol. The third kappa shape index (κ3) is 4.40. The van der Waals surface area contributed by atoms with E-state index in [9.17, 15) is 22.8 Å². The average Bonchev–Trinajstić information content (AvgIpc) is 3.19. The number of ketones is 1. The molecule has 2 bridgehead atoms. The van der Waals surface area contributed by atoms with Gasteiger partial charge in [0.15, 0.2) is 0 Å². The van der Waals surface area contributed by atoms with Crippen LogP contribution in [0.4, 0.5) is 13.2 Å². The number of hydrogen-bond acceptors (Lipinski definition) is 5. The van der Waals surface area contributed by atoms with Crippen LogP contribution >= 0.6 is 12.0 Å². The fourth-order valence-corrected chi connectivity index (χ4v) is 8.44. The van der Waals surface area contributed by atoms with E-state index in [-0.39, 0.29) is 23.5 Å². The predicted octanol–water partition coefficient (Wildman–Crippen LogP) is 7.41. The van der Waals surface area contributed by atoms with E-state index in [1.807, 2.05) is 51.1 Å². The highest BCUT2D eigenvalue weighted by molar-refractivity contribution is 7.94. The van der Waals surface area contributed by atoms with Crippen LogP contribution in [-0.4, -0.2) is 30.1 Å². The monoisotopic (exact) mass is 526 g/mol. The van der Waals surface area contributed by atoms with E-state index in [1.54, 1.807) is 0 Å². The van der Waals surface area contributed by atoms with E-state index >= 15 is 0 Å². The van der Waals surface area contributed by atoms with E-state index in [0.29, 0.717) is 25.7 Å². The van der Waals surface area contributed by atoms with Gasteiger partial charge in [0, 0.05) is 46.0 Å². The molecule has 36 heavy (non-hydrogen) atoms. The zero-order chi connectivity index (χ0) is 26.5. The topological polar surface area (TPSA) is 52.6 Å². The second-order valence-electron chi connectivity index (χ2n) is 11.7. The van der Waals surface area contributed by atoms with Crippen LogP contribution in [0, 0.1) is 34.0 Å². The number of ether oxygens (including phenoxy) is 1. The van der Waals surface area contributed by atoms with Crippen LogP contribution in [0.3, 0.4) is 0 Å². The van der Waals surface area contributed by atoms with Crippen LogP contribution in [0.1, 0.15) is 73.1 Å². The van der Waals surface area contributed by atoms with Crippen LogP contribution < -0.4 is 0 Å². The van der Waals surface area contributed by atoms with Crippen molar-refractivity contribution in [1.82, 2.24) is 0 Å². The molecule has 0 heterocycles. The summed E-state index contributed by atoms with van der Waals surface area (Å²) in [6.45, 7) is 10.1. The van der Waals surface area contributed by atoms with Gasteiger partial charge in [-0.1, -0.05) is 52.8 Å². The van der Waals surface area contributed by atoms with E-state index < -0.39 is 40.6 Å². The summed E-state index contributed by atoms with van der Waals surface area (Å²) >= 11 is 1.25. The molecule has 1 aromatic carbocycles. The van der Waals surface area contributed by atoms with Gasteiger partial charge in [-0.25, -0.2) is 4.79 Å². The van der Waals surface area contributed by atoms with Gasteiger partial charge in [0.1, 0.15) is 11.9 Å². The number of alkyl halides is 3. The Hall–Kier alpha value is -1.54. The first-order valence-electron chi connectivity index (χ1n) is 13.0. The van der Waals surface area contributed by atoms with Crippen molar-refractivity contribution in [3.8, 4) is 0 Å². The molecule has 4 nitrogen and oxygen atoms in total. The third-order valence-corrected chi connectivity index (χ3v) is 10.9. The Bertz CT molecular complexity index is 985. The van der Waals surface area contributed by atoms with Crippen LogP contribution in [0.15, 0.2) is 35.2 Å². The molecule has 3 fully saturated rings. The lowest BCUT2D eigenvalue weighted by atomic mass is 9.43. The predicted molar refractivity (Wildman–Crippen MR) is 132 cm³/mol. The van der Waals surface area contributed by atoms with Crippen LogP contribution in [-0.2, 0) is 18.5 Å². The highest BCUT2D eigenvalue weighted by Crippen LogP contribution is 2.68. The number of halogens is 3. The van der Waals surface area contributed by atoms with E-state index in [2.05, 4.69) is 13.8 Å². The highest BCUT2D eigenvalue weighted by Gasteiger charge is 2.69. The standard InChI is InChI=1S/C28H37F3O4S/c1-6-25(4)16-21(35-36-19-10-8-7-9-11-19)26(5)17(2)12-14-27(15-13-20(32)22(26)27)18(3)23(25)34-24(33)28(29,30)31/h7-11,17-18,21-23H,6,12-16H2,1-5H3/t17-,18-,21-,22?,23+,25-,26+,27+/m1/s1. The van der Waals surface area contributed by atoms with Crippen LogP contribution in [0.5, 0.6) is 0 Å². The Morgan fingerprint density at radius 1 is 1.14 bits per heavy atom. The lowest BCUT2D eigenvalue weighted by Crippen LogP contribution is -2.63. The fraction of sp³-hybridized carbons (Fsp3) is 0.714. The number of esters is 1. The van der Waals surface area contributed by atoms with Gasteiger partial charge in [-0.3, -0.25) is 4.79 Å². The second kappa shape index (κ2) is 9.64. The molecule has 8 atom stereocenters. The zero-order valence-corrected chi connectivity index (χ0v) is 22.5. The van der Waals surface area contributed by atoms with Crippen LogP contribution in [0.2, 0.25) is 0 Å². The first-order valence-corrected chi connectivity index (χ1v) is 13.7. The SMILES string of the molecule is CC[C@]1(C)C[C@@H](OSc2ccccc2)[C@@]2(C)C3C(=O)CC[C@@]3(CC[C@H]2C)[C@H](C)[C@@H]1OC(=O)C(F)(F)F. The smallest absolute Gasteiger partial charge is 0.455 e. The molecule has 3 aliphatic carbocycles. The number of rotatable bonds is 5. The Kier molecular flexibility index (Phi) is 7.37. The van der Waals surface area contributed by atoms with Crippen molar-refractivity contribution in [3.05, 3.63) is 30.3 Å². The minimum atomic E-state index is -5.08. The zero-order valence-electron chi connectivity index (χ0n) is 21.7. The molecule has 0 amide bonds. The summed E-state index contributed by atoms with van der Waals surface area (Å²) in [6.07, 6.45) is -2.95. The van der Waals surface area contributed by atoms with E-state index in [4.69, 9.17) is 8.92 Å². The Morgan fingerprint density at radius 3 is 2.42 bits per heavy atom. The molecule has 0 aliphatic heterocycles. The van der Waals surface area contributed by atoms with Gasteiger partial charge in [0.25, 0.3) is 0 Å². The minimum absolute atomic E-state index is 0.162. The van der Waals surface area contributed by atoms with Crippen molar-refractivity contribution >= 4 is 23.8 Å². The number of carbonyl (C=O) groups excluding carboxylic acids is 2. The van der Waals surface area contributed by atoms with Crippen molar-refractivity contribution in [2.45, 2.75) is 96.4 Å². The molecule has 4 rings (SSSR count). The minimum Gasteiger partial charge on any atom is -0.455 e. The largest absolute Gasteiger partial charge is 0.490 e. The van der Waals surface area contributed by atoms with Gasteiger partial charge < -0.3 is 8.92 Å².